The molecule has 1 aliphatic heterocycles. The number of pyridine rings is 1. The van der Waals surface area contributed by atoms with E-state index in [1.54, 1.807) is 0 Å². The fraction of sp³-hybridized carbons (Fsp3) is 0.250. The Bertz CT molecular complexity index is 770. The third-order valence-electron chi connectivity index (χ3n) is 4.52. The number of nitrogens with zero attached hydrogens (tertiary/aromatic N) is 2. The van der Waals surface area contributed by atoms with Crippen LogP contribution in [0.3, 0.4) is 0 Å². The predicted molar refractivity (Wildman–Crippen MR) is 94.4 cm³/mol. The van der Waals surface area contributed by atoms with Crippen molar-refractivity contribution in [1.29, 1.82) is 0 Å². The lowest BCUT2D eigenvalue weighted by atomic mass is 10.0. The molecule has 1 N–H and O–H groups in total. The summed E-state index contributed by atoms with van der Waals surface area (Å²) in [6.07, 6.45) is 3.73. The molecule has 1 aliphatic rings. The van der Waals surface area contributed by atoms with Crippen molar-refractivity contribution in [1.82, 2.24) is 15.2 Å². The average Bonchev–Trinajstić information content (AvgIpc) is 3.12. The predicted octanol–water partition coefficient (Wildman–Crippen LogP) is 3.49. The number of furan rings is 1. The summed E-state index contributed by atoms with van der Waals surface area (Å²) in [5.41, 5.74) is 2.42. The van der Waals surface area contributed by atoms with Crippen LogP contribution in [0.25, 0.3) is 11.3 Å². The van der Waals surface area contributed by atoms with E-state index in [4.69, 9.17) is 4.42 Å². The summed E-state index contributed by atoms with van der Waals surface area (Å²) in [4.78, 5) is 6.60. The van der Waals surface area contributed by atoms with Gasteiger partial charge in [-0.25, -0.2) is 0 Å². The van der Waals surface area contributed by atoms with Crippen molar-refractivity contribution in [3.8, 4) is 11.3 Å². The van der Waals surface area contributed by atoms with Gasteiger partial charge in [-0.05, 0) is 29.8 Å². The summed E-state index contributed by atoms with van der Waals surface area (Å²) < 4.78 is 6.08. The molecule has 24 heavy (non-hydrogen) atoms. The Labute approximate surface area is 142 Å². The van der Waals surface area contributed by atoms with Gasteiger partial charge in [-0.1, -0.05) is 30.3 Å². The second kappa shape index (κ2) is 6.99. The first-order valence-electron chi connectivity index (χ1n) is 8.39. The molecule has 1 aromatic carbocycles. The second-order valence-corrected chi connectivity index (χ2v) is 6.10. The zero-order valence-corrected chi connectivity index (χ0v) is 13.6. The SMILES string of the molecule is c1ccc(-c2ccc(CN3CCNCC3c3ccncc3)o2)cc1. The van der Waals surface area contributed by atoms with Crippen molar-refractivity contribution in [2.45, 2.75) is 12.6 Å². The van der Waals surface area contributed by atoms with Crippen molar-refractivity contribution in [2.24, 2.45) is 0 Å². The highest BCUT2D eigenvalue weighted by molar-refractivity contribution is 5.57. The number of piperazine rings is 1. The van der Waals surface area contributed by atoms with Crippen LogP contribution < -0.4 is 5.32 Å². The second-order valence-electron chi connectivity index (χ2n) is 6.10. The van der Waals surface area contributed by atoms with E-state index in [9.17, 15) is 0 Å². The van der Waals surface area contributed by atoms with Gasteiger partial charge in [0.15, 0.2) is 0 Å². The quantitative estimate of drug-likeness (QED) is 0.799. The van der Waals surface area contributed by atoms with Crippen molar-refractivity contribution in [3.05, 3.63) is 78.3 Å². The van der Waals surface area contributed by atoms with Gasteiger partial charge in [0.2, 0.25) is 0 Å². The van der Waals surface area contributed by atoms with Crippen LogP contribution in [0.2, 0.25) is 0 Å². The van der Waals surface area contributed by atoms with Crippen LogP contribution in [0.15, 0.2) is 71.4 Å². The maximum absolute atomic E-state index is 6.08. The Morgan fingerprint density at radius 1 is 1.04 bits per heavy atom. The van der Waals surface area contributed by atoms with E-state index in [1.807, 2.05) is 30.6 Å². The van der Waals surface area contributed by atoms with Crippen LogP contribution in [0.1, 0.15) is 17.4 Å². The van der Waals surface area contributed by atoms with Crippen LogP contribution in [0, 0.1) is 0 Å². The smallest absolute Gasteiger partial charge is 0.134 e. The van der Waals surface area contributed by atoms with Gasteiger partial charge in [0.05, 0.1) is 6.54 Å². The molecule has 0 aliphatic carbocycles. The summed E-state index contributed by atoms with van der Waals surface area (Å²) in [5, 5.41) is 3.49. The molecule has 2 aromatic heterocycles. The number of nitrogens with one attached hydrogen (secondary N) is 1. The van der Waals surface area contributed by atoms with Crippen LogP contribution in [-0.2, 0) is 6.54 Å². The van der Waals surface area contributed by atoms with Crippen molar-refractivity contribution in [2.75, 3.05) is 19.6 Å². The minimum atomic E-state index is 0.354. The number of aromatic nitrogens is 1. The molecule has 3 heterocycles. The zero-order chi connectivity index (χ0) is 16.2. The van der Waals surface area contributed by atoms with Gasteiger partial charge in [0.1, 0.15) is 11.5 Å². The van der Waals surface area contributed by atoms with Crippen LogP contribution in [0.4, 0.5) is 0 Å². The molecule has 4 rings (SSSR count). The van der Waals surface area contributed by atoms with Crippen LogP contribution >= 0.6 is 0 Å². The third-order valence-corrected chi connectivity index (χ3v) is 4.52. The van der Waals surface area contributed by atoms with Crippen molar-refractivity contribution >= 4 is 0 Å². The topological polar surface area (TPSA) is 41.3 Å². The van der Waals surface area contributed by atoms with Gasteiger partial charge in [-0.3, -0.25) is 9.88 Å². The zero-order valence-electron chi connectivity index (χ0n) is 13.6. The van der Waals surface area contributed by atoms with E-state index < -0.39 is 0 Å². The maximum Gasteiger partial charge on any atom is 0.134 e. The lowest BCUT2D eigenvalue weighted by Gasteiger charge is -2.35. The minimum absolute atomic E-state index is 0.354. The van der Waals surface area contributed by atoms with Gasteiger partial charge >= 0.3 is 0 Å². The van der Waals surface area contributed by atoms with Gasteiger partial charge in [-0.2, -0.15) is 0 Å². The van der Waals surface area contributed by atoms with E-state index >= 15 is 0 Å². The molecule has 0 saturated carbocycles. The molecule has 1 saturated heterocycles. The Hall–Kier alpha value is -2.43. The van der Waals surface area contributed by atoms with Gasteiger partial charge in [0.25, 0.3) is 0 Å². The highest BCUT2D eigenvalue weighted by atomic mass is 16.3. The number of benzene rings is 1. The minimum Gasteiger partial charge on any atom is -0.460 e. The van der Waals surface area contributed by atoms with Crippen LogP contribution in [0.5, 0.6) is 0 Å². The highest BCUT2D eigenvalue weighted by Crippen LogP contribution is 2.27. The largest absolute Gasteiger partial charge is 0.460 e. The molecule has 1 fully saturated rings. The summed E-state index contributed by atoms with van der Waals surface area (Å²) >= 11 is 0. The molecule has 1 atom stereocenters. The number of rotatable bonds is 4. The summed E-state index contributed by atoms with van der Waals surface area (Å²) in [6.45, 7) is 3.79. The molecule has 0 bridgehead atoms. The first-order valence-corrected chi connectivity index (χ1v) is 8.39. The molecular formula is C20H21N3O. The van der Waals surface area contributed by atoms with E-state index in [0.29, 0.717) is 6.04 Å². The summed E-state index contributed by atoms with van der Waals surface area (Å²) in [5.74, 6) is 1.94. The molecule has 0 amide bonds. The molecule has 0 radical (unpaired) electrons. The molecular weight excluding hydrogens is 298 g/mol. The number of hydrogen-bond donors (Lipinski definition) is 1. The first-order chi connectivity index (χ1) is 11.9. The lowest BCUT2D eigenvalue weighted by molar-refractivity contribution is 0.143. The van der Waals surface area contributed by atoms with E-state index in [1.165, 1.54) is 5.56 Å². The monoisotopic (exact) mass is 319 g/mol. The first kappa shape index (κ1) is 15.1. The van der Waals surface area contributed by atoms with Crippen LogP contribution in [-0.4, -0.2) is 29.5 Å². The Balaban J connectivity index is 1.52. The van der Waals surface area contributed by atoms with Gasteiger partial charge < -0.3 is 9.73 Å². The highest BCUT2D eigenvalue weighted by Gasteiger charge is 2.24. The molecule has 4 nitrogen and oxygen atoms in total. The summed E-state index contributed by atoms with van der Waals surface area (Å²) in [6, 6.07) is 19.0. The maximum atomic E-state index is 6.08. The lowest BCUT2D eigenvalue weighted by Crippen LogP contribution is -2.45. The van der Waals surface area contributed by atoms with Gasteiger partial charge in [0, 0.05) is 43.6 Å². The van der Waals surface area contributed by atoms with Crippen molar-refractivity contribution < 1.29 is 4.42 Å². The van der Waals surface area contributed by atoms with Gasteiger partial charge in [-0.15, -0.1) is 0 Å². The Morgan fingerprint density at radius 2 is 1.88 bits per heavy atom. The molecule has 1 unspecified atom stereocenters. The molecule has 3 aromatic rings. The Kier molecular flexibility index (Phi) is 4.40. The third kappa shape index (κ3) is 3.25. The van der Waals surface area contributed by atoms with Crippen molar-refractivity contribution in [3.63, 3.8) is 0 Å². The Morgan fingerprint density at radius 3 is 2.71 bits per heavy atom. The molecule has 122 valence electrons. The van der Waals surface area contributed by atoms with E-state index in [-0.39, 0.29) is 0 Å². The number of hydrogen-bond acceptors (Lipinski definition) is 4. The average molecular weight is 319 g/mol. The standard InChI is InChI=1S/C20H21N3O/c1-2-4-17(5-3-1)20-7-6-18(24-20)15-23-13-12-22-14-19(23)16-8-10-21-11-9-16/h1-11,19,22H,12-15H2. The molecule has 4 heteroatoms. The normalized spacial score (nSPS) is 18.6. The van der Waals surface area contributed by atoms with E-state index in [2.05, 4.69) is 51.6 Å². The summed E-state index contributed by atoms with van der Waals surface area (Å²) in [7, 11) is 0. The van der Waals surface area contributed by atoms with E-state index in [0.717, 1.165) is 43.3 Å². The fourth-order valence-electron chi connectivity index (χ4n) is 3.27. The fourth-order valence-corrected chi connectivity index (χ4v) is 3.27. The molecule has 0 spiro atoms.